The Balaban J connectivity index is 2.45. The third-order valence-electron chi connectivity index (χ3n) is 2.60. The Bertz CT molecular complexity index is 668. The Hall–Kier alpha value is -2.15. The van der Waals surface area contributed by atoms with Crippen molar-refractivity contribution in [1.82, 2.24) is 0 Å². The quantitative estimate of drug-likeness (QED) is 0.750. The number of nitrogens with one attached hydrogen (secondary N) is 1. The molecule has 0 aromatic heterocycles. The molecule has 2 aromatic rings. The number of nitrogen functional groups attached to an aromatic ring is 1. The maximum atomic E-state index is 13.7. The number of hydrogen-bond donors (Lipinski definition) is 3. The van der Waals surface area contributed by atoms with Crippen LogP contribution in [0.4, 0.5) is 25.8 Å². The van der Waals surface area contributed by atoms with Crippen molar-refractivity contribution in [2.45, 2.75) is 0 Å². The van der Waals surface area contributed by atoms with Gasteiger partial charge in [-0.3, -0.25) is 4.79 Å². The minimum absolute atomic E-state index is 0.180. The van der Waals surface area contributed by atoms with E-state index >= 15 is 0 Å². The highest BCUT2D eigenvalue weighted by Crippen LogP contribution is 2.29. The zero-order valence-electron chi connectivity index (χ0n) is 10.1. The molecule has 7 heteroatoms. The molecule has 104 valence electrons. The number of hydrogen-bond acceptors (Lipinski definition) is 3. The summed E-state index contributed by atoms with van der Waals surface area (Å²) in [6.45, 7) is 0. The highest BCUT2D eigenvalue weighted by atomic mass is 79.9. The number of carbonyl (C=O) groups excluding carboxylic acids is 1. The molecule has 0 radical (unpaired) electrons. The summed E-state index contributed by atoms with van der Waals surface area (Å²) in [5.74, 6) is -2.24. The van der Waals surface area contributed by atoms with Crippen LogP contribution < -0.4 is 16.8 Å². The Morgan fingerprint density at radius 1 is 1.15 bits per heavy atom. The van der Waals surface area contributed by atoms with Crippen molar-refractivity contribution in [3.63, 3.8) is 0 Å². The van der Waals surface area contributed by atoms with Gasteiger partial charge in [0.2, 0.25) is 5.91 Å². The molecule has 0 unspecified atom stereocenters. The molecule has 0 fully saturated rings. The summed E-state index contributed by atoms with van der Waals surface area (Å²) in [5.41, 5.74) is 11.1. The van der Waals surface area contributed by atoms with Crippen molar-refractivity contribution in [3.05, 3.63) is 52.0 Å². The van der Waals surface area contributed by atoms with Crippen molar-refractivity contribution in [2.24, 2.45) is 5.73 Å². The second-order valence-electron chi connectivity index (χ2n) is 4.04. The lowest BCUT2D eigenvalue weighted by Gasteiger charge is -2.12. The standard InChI is InChI=1S/C13H10BrF2N3O/c14-7-4-8(15)12(9(16)5-7)19-11-3-6(13(18)20)1-2-10(11)17/h1-5,19H,17H2,(H2,18,20). The Kier molecular flexibility index (Phi) is 3.89. The van der Waals surface area contributed by atoms with Gasteiger partial charge in [0.1, 0.15) is 5.69 Å². The zero-order chi connectivity index (χ0) is 14.9. The maximum absolute atomic E-state index is 13.7. The zero-order valence-corrected chi connectivity index (χ0v) is 11.7. The van der Waals surface area contributed by atoms with Gasteiger partial charge < -0.3 is 16.8 Å². The number of halogens is 3. The number of carbonyl (C=O) groups is 1. The lowest BCUT2D eigenvalue weighted by atomic mass is 10.1. The number of amides is 1. The van der Waals surface area contributed by atoms with Crippen molar-refractivity contribution in [2.75, 3.05) is 11.1 Å². The SMILES string of the molecule is NC(=O)c1ccc(N)c(Nc2c(F)cc(Br)cc2F)c1. The van der Waals surface area contributed by atoms with Crippen LogP contribution in [0.2, 0.25) is 0 Å². The number of anilines is 3. The molecule has 0 atom stereocenters. The fourth-order valence-electron chi connectivity index (χ4n) is 1.61. The molecule has 1 amide bonds. The maximum Gasteiger partial charge on any atom is 0.248 e. The van der Waals surface area contributed by atoms with Crippen LogP contribution in [0, 0.1) is 11.6 Å². The molecule has 0 aliphatic carbocycles. The van der Waals surface area contributed by atoms with Gasteiger partial charge >= 0.3 is 0 Å². The summed E-state index contributed by atoms with van der Waals surface area (Å²) in [5, 5.41) is 2.53. The van der Waals surface area contributed by atoms with E-state index in [1.165, 1.54) is 18.2 Å². The summed E-state index contributed by atoms with van der Waals surface area (Å²) < 4.78 is 27.7. The lowest BCUT2D eigenvalue weighted by Crippen LogP contribution is -2.11. The first-order valence-corrected chi connectivity index (χ1v) is 6.28. The summed E-state index contributed by atoms with van der Waals surface area (Å²) in [6.07, 6.45) is 0. The first kappa shape index (κ1) is 14.3. The van der Waals surface area contributed by atoms with E-state index in [-0.39, 0.29) is 27.1 Å². The fraction of sp³-hybridized carbons (Fsp3) is 0. The van der Waals surface area contributed by atoms with E-state index in [1.807, 2.05) is 0 Å². The molecule has 2 rings (SSSR count). The monoisotopic (exact) mass is 341 g/mol. The molecule has 0 heterocycles. The van der Waals surface area contributed by atoms with Gasteiger partial charge in [-0.05, 0) is 30.3 Å². The Morgan fingerprint density at radius 3 is 2.30 bits per heavy atom. The van der Waals surface area contributed by atoms with Crippen LogP contribution in [0.1, 0.15) is 10.4 Å². The smallest absolute Gasteiger partial charge is 0.248 e. The van der Waals surface area contributed by atoms with E-state index < -0.39 is 17.5 Å². The van der Waals surface area contributed by atoms with Crippen LogP contribution in [0.5, 0.6) is 0 Å². The van der Waals surface area contributed by atoms with Gasteiger partial charge in [-0.25, -0.2) is 8.78 Å². The molecule has 20 heavy (non-hydrogen) atoms. The van der Waals surface area contributed by atoms with Gasteiger partial charge in [-0.2, -0.15) is 0 Å². The highest BCUT2D eigenvalue weighted by Gasteiger charge is 2.13. The molecule has 0 aliphatic heterocycles. The van der Waals surface area contributed by atoms with E-state index in [0.717, 1.165) is 12.1 Å². The van der Waals surface area contributed by atoms with Crippen LogP contribution in [0.3, 0.4) is 0 Å². The summed E-state index contributed by atoms with van der Waals surface area (Å²) in [4.78, 5) is 11.1. The topological polar surface area (TPSA) is 81.1 Å². The minimum atomic E-state index is -0.791. The Labute approximate surface area is 121 Å². The summed E-state index contributed by atoms with van der Waals surface area (Å²) >= 11 is 2.98. The predicted octanol–water partition coefficient (Wildman–Crippen LogP) is 3.15. The molecule has 2 aromatic carbocycles. The van der Waals surface area contributed by atoms with Crippen molar-refractivity contribution in [3.8, 4) is 0 Å². The number of rotatable bonds is 3. The second kappa shape index (κ2) is 5.46. The van der Waals surface area contributed by atoms with Gasteiger partial charge in [0.05, 0.1) is 11.4 Å². The number of nitrogens with two attached hydrogens (primary N) is 2. The van der Waals surface area contributed by atoms with E-state index in [4.69, 9.17) is 11.5 Å². The molecule has 4 nitrogen and oxygen atoms in total. The van der Waals surface area contributed by atoms with Crippen LogP contribution in [0.15, 0.2) is 34.8 Å². The van der Waals surface area contributed by atoms with E-state index in [2.05, 4.69) is 21.2 Å². The normalized spacial score (nSPS) is 10.3. The first-order valence-electron chi connectivity index (χ1n) is 5.49. The molecule has 5 N–H and O–H groups in total. The Morgan fingerprint density at radius 2 is 1.75 bits per heavy atom. The molecule has 0 aliphatic rings. The third kappa shape index (κ3) is 2.88. The van der Waals surface area contributed by atoms with Crippen molar-refractivity contribution in [1.29, 1.82) is 0 Å². The number of primary amides is 1. The van der Waals surface area contributed by atoms with Gasteiger partial charge in [0, 0.05) is 10.0 Å². The van der Waals surface area contributed by atoms with Gasteiger partial charge in [0.15, 0.2) is 11.6 Å². The molecular weight excluding hydrogens is 332 g/mol. The lowest BCUT2D eigenvalue weighted by molar-refractivity contribution is 0.100. The summed E-state index contributed by atoms with van der Waals surface area (Å²) in [6, 6.07) is 6.41. The molecule has 0 spiro atoms. The van der Waals surface area contributed by atoms with E-state index in [0.29, 0.717) is 0 Å². The van der Waals surface area contributed by atoms with Gasteiger partial charge in [-0.1, -0.05) is 15.9 Å². The highest BCUT2D eigenvalue weighted by molar-refractivity contribution is 9.10. The van der Waals surface area contributed by atoms with E-state index in [1.54, 1.807) is 0 Å². The molecular formula is C13H10BrF2N3O. The average Bonchev–Trinajstić information content (AvgIpc) is 2.35. The van der Waals surface area contributed by atoms with Crippen molar-refractivity contribution < 1.29 is 13.6 Å². The molecule has 0 saturated carbocycles. The number of benzene rings is 2. The average molecular weight is 342 g/mol. The van der Waals surface area contributed by atoms with Crippen molar-refractivity contribution >= 4 is 38.9 Å². The third-order valence-corrected chi connectivity index (χ3v) is 3.06. The minimum Gasteiger partial charge on any atom is -0.397 e. The van der Waals surface area contributed by atoms with Gasteiger partial charge in [0.25, 0.3) is 0 Å². The van der Waals surface area contributed by atoms with Crippen LogP contribution in [0.25, 0.3) is 0 Å². The van der Waals surface area contributed by atoms with E-state index in [9.17, 15) is 13.6 Å². The van der Waals surface area contributed by atoms with Crippen LogP contribution in [-0.4, -0.2) is 5.91 Å². The largest absolute Gasteiger partial charge is 0.397 e. The molecule has 0 saturated heterocycles. The van der Waals surface area contributed by atoms with Gasteiger partial charge in [-0.15, -0.1) is 0 Å². The summed E-state index contributed by atoms with van der Waals surface area (Å²) in [7, 11) is 0. The van der Waals surface area contributed by atoms with Crippen LogP contribution >= 0.6 is 15.9 Å². The first-order chi connectivity index (χ1) is 9.38. The second-order valence-corrected chi connectivity index (χ2v) is 4.95. The predicted molar refractivity (Wildman–Crippen MR) is 76.7 cm³/mol. The fourth-order valence-corrected chi connectivity index (χ4v) is 2.02. The molecule has 0 bridgehead atoms. The van der Waals surface area contributed by atoms with Crippen LogP contribution in [-0.2, 0) is 0 Å².